The first-order valence-electron chi connectivity index (χ1n) is 13.4. The molecule has 2 aliphatic rings. The highest BCUT2D eigenvalue weighted by atomic mass is 35.5. The Kier molecular flexibility index (Phi) is 8.47. The van der Waals surface area contributed by atoms with Gasteiger partial charge in [-0.2, -0.15) is 0 Å². The van der Waals surface area contributed by atoms with Gasteiger partial charge in [-0.05, 0) is 79.4 Å². The van der Waals surface area contributed by atoms with Crippen LogP contribution in [0.15, 0.2) is 71.6 Å². The molecule has 2 aliphatic heterocycles. The molecule has 2 heterocycles. The first kappa shape index (κ1) is 28.8. The van der Waals surface area contributed by atoms with E-state index in [-0.39, 0.29) is 12.3 Å². The number of rotatable bonds is 7. The van der Waals surface area contributed by atoms with Gasteiger partial charge < -0.3 is 19.7 Å². The number of methoxy groups -OCH3 is 2. The number of aryl methyl sites for hydroxylation is 1. The van der Waals surface area contributed by atoms with E-state index in [2.05, 4.69) is 5.32 Å². The van der Waals surface area contributed by atoms with E-state index in [0.717, 1.165) is 23.3 Å². The number of ether oxygens (including phenoxy) is 2. The summed E-state index contributed by atoms with van der Waals surface area (Å²) in [5.41, 5.74) is 1.98. The summed E-state index contributed by atoms with van der Waals surface area (Å²) in [6.07, 6.45) is 1.65. The number of nitrogens with zero attached hydrogens (tertiary/aromatic N) is 2. The van der Waals surface area contributed by atoms with E-state index < -0.39 is 22.7 Å². The van der Waals surface area contributed by atoms with Crippen molar-refractivity contribution < 1.29 is 23.9 Å². The number of imide groups is 1. The zero-order valence-corrected chi connectivity index (χ0v) is 24.8. The number of urea groups is 1. The molecule has 0 spiro atoms. The van der Waals surface area contributed by atoms with Crippen molar-refractivity contribution in [2.75, 3.05) is 32.6 Å². The number of carbonyl (C=O) groups is 3. The fourth-order valence-electron chi connectivity index (χ4n) is 5.42. The largest absolute Gasteiger partial charge is 0.497 e. The third kappa shape index (κ3) is 5.74. The molecule has 0 radical (unpaired) electrons. The molecule has 3 aromatic carbocycles. The number of thioether (sulfide) groups is 1. The van der Waals surface area contributed by atoms with Crippen molar-refractivity contribution in [3.05, 3.63) is 82.9 Å². The number of amides is 4. The number of hydrogen-bond donors (Lipinski definition) is 1. The lowest BCUT2D eigenvalue weighted by Gasteiger charge is -2.38. The van der Waals surface area contributed by atoms with Crippen molar-refractivity contribution in [2.24, 2.45) is 0 Å². The second-order valence-corrected chi connectivity index (χ2v) is 12.0. The Morgan fingerprint density at radius 2 is 1.56 bits per heavy atom. The number of benzene rings is 3. The van der Waals surface area contributed by atoms with Crippen molar-refractivity contribution in [1.82, 2.24) is 9.80 Å². The Morgan fingerprint density at radius 1 is 0.951 bits per heavy atom. The number of nitrogens with one attached hydrogen (secondary N) is 1. The van der Waals surface area contributed by atoms with Gasteiger partial charge in [-0.1, -0.05) is 29.8 Å². The Bertz CT molecular complexity index is 1440. The van der Waals surface area contributed by atoms with Crippen LogP contribution >= 0.6 is 23.4 Å². The average molecular weight is 594 g/mol. The Balaban J connectivity index is 1.61. The van der Waals surface area contributed by atoms with Crippen LogP contribution in [-0.4, -0.2) is 59.7 Å². The summed E-state index contributed by atoms with van der Waals surface area (Å²) in [7, 11) is 3.16. The maximum atomic E-state index is 14.5. The van der Waals surface area contributed by atoms with Gasteiger partial charge in [0, 0.05) is 28.7 Å². The van der Waals surface area contributed by atoms with Crippen LogP contribution in [0.4, 0.5) is 10.5 Å². The topological polar surface area (TPSA) is 88.2 Å². The quantitative estimate of drug-likeness (QED) is 0.345. The zero-order chi connectivity index (χ0) is 29.1. The molecule has 0 aliphatic carbocycles. The predicted octanol–water partition coefficient (Wildman–Crippen LogP) is 6.32. The SMILES string of the molecule is COc1ccc(S[C@]2(C(=O)N3CCCC3)CC(=O)N(C(=O)Nc3ccc(C)c(Cl)c3)[C@@H]2c2ccc(OC)cc2)cc1. The van der Waals surface area contributed by atoms with Crippen molar-refractivity contribution in [1.29, 1.82) is 0 Å². The average Bonchev–Trinajstić information content (AvgIpc) is 3.62. The maximum Gasteiger partial charge on any atom is 0.329 e. The van der Waals surface area contributed by atoms with Crippen LogP contribution in [0.3, 0.4) is 0 Å². The minimum Gasteiger partial charge on any atom is -0.497 e. The molecule has 214 valence electrons. The standard InChI is InChI=1S/C31H32ClN3O5S/c1-20-6-9-22(18-26(20)32)33-30(38)35-27(36)19-31(29(37)34-16-4-5-17-34,41-25-14-12-24(40-3)13-15-25)28(35)21-7-10-23(39-2)11-8-21/h6-15,18,28H,4-5,16-17,19H2,1-3H3,(H,33,38)/t28-,31-/m1/s1. The van der Waals surface area contributed by atoms with Crippen molar-refractivity contribution in [2.45, 2.75) is 41.9 Å². The summed E-state index contributed by atoms with van der Waals surface area (Å²) < 4.78 is 9.38. The minimum absolute atomic E-state index is 0.141. The van der Waals surface area contributed by atoms with E-state index in [9.17, 15) is 14.4 Å². The third-order valence-electron chi connectivity index (χ3n) is 7.57. The van der Waals surface area contributed by atoms with Crippen LogP contribution in [-0.2, 0) is 9.59 Å². The van der Waals surface area contributed by atoms with E-state index in [0.29, 0.717) is 40.9 Å². The normalized spacial score (nSPS) is 20.3. The highest BCUT2D eigenvalue weighted by Crippen LogP contribution is 2.54. The maximum absolute atomic E-state index is 14.5. The van der Waals surface area contributed by atoms with Crippen molar-refractivity contribution in [3.63, 3.8) is 0 Å². The molecule has 1 N–H and O–H groups in total. The molecule has 2 saturated heterocycles. The molecule has 0 aromatic heterocycles. The van der Waals surface area contributed by atoms with Crippen LogP contribution in [0.1, 0.15) is 36.4 Å². The minimum atomic E-state index is -1.30. The van der Waals surface area contributed by atoms with Crippen molar-refractivity contribution in [3.8, 4) is 11.5 Å². The van der Waals surface area contributed by atoms with Gasteiger partial charge in [0.25, 0.3) is 0 Å². The van der Waals surface area contributed by atoms with Gasteiger partial charge >= 0.3 is 6.03 Å². The summed E-state index contributed by atoms with van der Waals surface area (Å²) in [5.74, 6) is 0.720. The highest BCUT2D eigenvalue weighted by Gasteiger charge is 2.61. The molecule has 8 nitrogen and oxygen atoms in total. The van der Waals surface area contributed by atoms with Gasteiger partial charge in [-0.3, -0.25) is 14.5 Å². The van der Waals surface area contributed by atoms with Gasteiger partial charge in [0.1, 0.15) is 16.2 Å². The number of halogens is 1. The number of anilines is 1. The van der Waals surface area contributed by atoms with E-state index in [1.807, 2.05) is 48.2 Å². The molecule has 0 unspecified atom stereocenters. The lowest BCUT2D eigenvalue weighted by molar-refractivity contribution is -0.133. The number of carbonyl (C=O) groups excluding carboxylic acids is 3. The molecule has 4 amide bonds. The van der Waals surface area contributed by atoms with Crippen molar-refractivity contribution >= 4 is 46.9 Å². The van der Waals surface area contributed by atoms with Crippen LogP contribution < -0.4 is 14.8 Å². The smallest absolute Gasteiger partial charge is 0.329 e. The molecular weight excluding hydrogens is 562 g/mol. The zero-order valence-electron chi connectivity index (χ0n) is 23.2. The first-order chi connectivity index (χ1) is 19.8. The summed E-state index contributed by atoms with van der Waals surface area (Å²) in [6, 6.07) is 18.2. The van der Waals surface area contributed by atoms with Crippen LogP contribution in [0.2, 0.25) is 5.02 Å². The van der Waals surface area contributed by atoms with Crippen LogP contribution in [0.5, 0.6) is 11.5 Å². The summed E-state index contributed by atoms with van der Waals surface area (Å²) in [4.78, 5) is 46.0. The first-order valence-corrected chi connectivity index (χ1v) is 14.6. The molecule has 0 saturated carbocycles. The predicted molar refractivity (Wildman–Crippen MR) is 160 cm³/mol. The fourth-order valence-corrected chi connectivity index (χ4v) is 7.06. The monoisotopic (exact) mass is 593 g/mol. The third-order valence-corrected chi connectivity index (χ3v) is 9.39. The fraction of sp³-hybridized carbons (Fsp3) is 0.323. The lowest BCUT2D eigenvalue weighted by atomic mass is 9.91. The molecule has 10 heteroatoms. The van der Waals surface area contributed by atoms with Crippen LogP contribution in [0.25, 0.3) is 0 Å². The van der Waals surface area contributed by atoms with Gasteiger partial charge in [0.15, 0.2) is 0 Å². The van der Waals surface area contributed by atoms with Crippen LogP contribution in [0, 0.1) is 6.92 Å². The second kappa shape index (κ2) is 12.0. The summed E-state index contributed by atoms with van der Waals surface area (Å²) in [5, 5.41) is 3.33. The molecular formula is C31H32ClN3O5S. The van der Waals surface area contributed by atoms with E-state index >= 15 is 0 Å². The molecule has 3 aromatic rings. The van der Waals surface area contributed by atoms with Gasteiger partial charge in [-0.15, -0.1) is 11.8 Å². The molecule has 41 heavy (non-hydrogen) atoms. The Hall–Kier alpha value is -3.69. The number of hydrogen-bond acceptors (Lipinski definition) is 6. The van der Waals surface area contributed by atoms with E-state index in [4.69, 9.17) is 21.1 Å². The van der Waals surface area contributed by atoms with Gasteiger partial charge in [0.05, 0.1) is 26.7 Å². The van der Waals surface area contributed by atoms with E-state index in [1.54, 1.807) is 44.6 Å². The summed E-state index contributed by atoms with van der Waals surface area (Å²) >= 11 is 7.62. The molecule has 0 bridgehead atoms. The van der Waals surface area contributed by atoms with E-state index in [1.165, 1.54) is 16.7 Å². The van der Waals surface area contributed by atoms with Gasteiger partial charge in [0.2, 0.25) is 11.8 Å². The number of likely N-dealkylation sites (tertiary alicyclic amines) is 2. The Morgan fingerprint density at radius 3 is 2.15 bits per heavy atom. The van der Waals surface area contributed by atoms with Gasteiger partial charge in [-0.25, -0.2) is 4.79 Å². The summed E-state index contributed by atoms with van der Waals surface area (Å²) in [6.45, 7) is 3.09. The second-order valence-electron chi connectivity index (χ2n) is 10.2. The lowest BCUT2D eigenvalue weighted by Crippen LogP contribution is -2.50. The Labute approximate surface area is 248 Å². The molecule has 2 fully saturated rings. The highest BCUT2D eigenvalue weighted by molar-refractivity contribution is 8.01. The molecule has 5 rings (SSSR count). The molecule has 2 atom stereocenters.